The minimum Gasteiger partial charge on any atom is -0.474 e. The lowest BCUT2D eigenvalue weighted by Crippen LogP contribution is -2.37. The van der Waals surface area contributed by atoms with Gasteiger partial charge in [-0.3, -0.25) is 5.41 Å². The zero-order valence-electron chi connectivity index (χ0n) is 19.7. The molecule has 1 unspecified atom stereocenters. The maximum Gasteiger partial charge on any atom is 0.214 e. The first kappa shape index (κ1) is 23.2. The van der Waals surface area contributed by atoms with Gasteiger partial charge in [-0.2, -0.15) is 0 Å². The minimum atomic E-state index is -0.239. The van der Waals surface area contributed by atoms with Crippen LogP contribution in [0.4, 0.5) is 4.39 Å². The van der Waals surface area contributed by atoms with E-state index >= 15 is 0 Å². The molecule has 3 N–H and O–H groups in total. The predicted octanol–water partition coefficient (Wildman–Crippen LogP) is 4.96. The van der Waals surface area contributed by atoms with Crippen LogP contribution in [0.15, 0.2) is 54.7 Å². The highest BCUT2D eigenvalue weighted by Gasteiger charge is 2.25. The Morgan fingerprint density at radius 3 is 2.83 bits per heavy atom. The van der Waals surface area contributed by atoms with Gasteiger partial charge in [-0.05, 0) is 81.1 Å². The Balaban J connectivity index is 1.26. The van der Waals surface area contributed by atoms with Crippen LogP contribution in [0, 0.1) is 11.2 Å². The van der Waals surface area contributed by atoms with E-state index in [9.17, 15) is 4.39 Å². The van der Waals surface area contributed by atoms with Crippen molar-refractivity contribution >= 4 is 11.9 Å². The lowest BCUT2D eigenvalue weighted by Gasteiger charge is -2.37. The van der Waals surface area contributed by atoms with Gasteiger partial charge in [0.25, 0.3) is 0 Å². The van der Waals surface area contributed by atoms with Crippen LogP contribution in [0.2, 0.25) is 0 Å². The second-order valence-electron chi connectivity index (χ2n) is 9.09. The lowest BCUT2D eigenvalue weighted by molar-refractivity contribution is 0.156. The molecule has 8 heteroatoms. The fourth-order valence-electron chi connectivity index (χ4n) is 4.80. The van der Waals surface area contributed by atoms with E-state index in [0.717, 1.165) is 68.7 Å². The van der Waals surface area contributed by atoms with Crippen molar-refractivity contribution in [1.82, 2.24) is 25.2 Å². The van der Waals surface area contributed by atoms with Crippen molar-refractivity contribution in [3.8, 4) is 17.3 Å². The Hall–Kier alpha value is -3.52. The van der Waals surface area contributed by atoms with Crippen molar-refractivity contribution < 1.29 is 9.13 Å². The molecule has 2 fully saturated rings. The summed E-state index contributed by atoms with van der Waals surface area (Å²) < 4.78 is 19.9. The molecule has 0 spiro atoms. The van der Waals surface area contributed by atoms with Gasteiger partial charge >= 0.3 is 0 Å². The van der Waals surface area contributed by atoms with E-state index in [1.807, 2.05) is 29.2 Å². The van der Waals surface area contributed by atoms with Crippen molar-refractivity contribution in [3.63, 3.8) is 0 Å². The third kappa shape index (κ3) is 5.77. The number of H-pyrrole nitrogens is 1. The molecule has 4 heterocycles. The SMILES string of the molecule is N=C(C=Cc1ncc(-c2cccc(OC3CCNCC3)n2)[nH]1)N1CCCCC1c1cccc(F)c1. The van der Waals surface area contributed by atoms with E-state index in [1.54, 1.807) is 30.5 Å². The monoisotopic (exact) mass is 474 g/mol. The summed E-state index contributed by atoms with van der Waals surface area (Å²) in [5, 5.41) is 12.0. The fourth-order valence-corrected chi connectivity index (χ4v) is 4.80. The maximum atomic E-state index is 13.8. The summed E-state index contributed by atoms with van der Waals surface area (Å²) >= 11 is 0. The third-order valence-electron chi connectivity index (χ3n) is 6.61. The van der Waals surface area contributed by atoms with E-state index in [2.05, 4.69) is 20.3 Å². The molecule has 2 saturated heterocycles. The summed E-state index contributed by atoms with van der Waals surface area (Å²) in [5.74, 6) is 1.43. The van der Waals surface area contributed by atoms with Gasteiger partial charge in [-0.1, -0.05) is 18.2 Å². The second kappa shape index (κ2) is 10.8. The van der Waals surface area contributed by atoms with Crippen molar-refractivity contribution in [3.05, 3.63) is 71.9 Å². The Morgan fingerprint density at radius 2 is 1.97 bits per heavy atom. The third-order valence-corrected chi connectivity index (χ3v) is 6.61. The topological polar surface area (TPSA) is 89.9 Å². The molecule has 7 nitrogen and oxygen atoms in total. The molecular formula is C27H31FN6O. The molecule has 35 heavy (non-hydrogen) atoms. The van der Waals surface area contributed by atoms with Gasteiger partial charge < -0.3 is 19.9 Å². The van der Waals surface area contributed by atoms with Gasteiger partial charge in [0.2, 0.25) is 5.88 Å². The highest BCUT2D eigenvalue weighted by atomic mass is 19.1. The number of hydrogen-bond donors (Lipinski definition) is 3. The largest absolute Gasteiger partial charge is 0.474 e. The zero-order chi connectivity index (χ0) is 24.0. The first-order valence-electron chi connectivity index (χ1n) is 12.3. The number of rotatable bonds is 6. The summed E-state index contributed by atoms with van der Waals surface area (Å²) in [4.78, 5) is 14.4. The molecule has 182 valence electrons. The van der Waals surface area contributed by atoms with Crippen molar-refractivity contribution in [2.75, 3.05) is 19.6 Å². The van der Waals surface area contributed by atoms with Crippen LogP contribution in [0.3, 0.4) is 0 Å². The quantitative estimate of drug-likeness (QED) is 0.347. The zero-order valence-corrected chi connectivity index (χ0v) is 19.7. The minimum absolute atomic E-state index is 0.00986. The Bertz CT molecular complexity index is 1190. The summed E-state index contributed by atoms with van der Waals surface area (Å²) in [5.41, 5.74) is 2.48. The van der Waals surface area contributed by atoms with Crippen molar-refractivity contribution in [1.29, 1.82) is 5.41 Å². The predicted molar refractivity (Wildman–Crippen MR) is 135 cm³/mol. The number of piperidine rings is 2. The van der Waals surface area contributed by atoms with E-state index in [4.69, 9.17) is 10.1 Å². The molecule has 1 aromatic carbocycles. The first-order valence-corrected chi connectivity index (χ1v) is 12.3. The normalized spacial score (nSPS) is 19.2. The summed E-state index contributed by atoms with van der Waals surface area (Å²) in [7, 11) is 0. The van der Waals surface area contributed by atoms with Crippen LogP contribution >= 0.6 is 0 Å². The summed E-state index contributed by atoms with van der Waals surface area (Å²) in [6, 6.07) is 12.5. The molecule has 2 aliphatic rings. The summed E-state index contributed by atoms with van der Waals surface area (Å²) in [6.45, 7) is 2.72. The molecular weight excluding hydrogens is 443 g/mol. The van der Waals surface area contributed by atoms with E-state index in [-0.39, 0.29) is 18.0 Å². The Kier molecular flexibility index (Phi) is 7.18. The van der Waals surface area contributed by atoms with Gasteiger partial charge in [0, 0.05) is 12.6 Å². The lowest BCUT2D eigenvalue weighted by atomic mass is 9.95. The molecule has 2 aromatic heterocycles. The number of likely N-dealkylation sites (tertiary alicyclic amines) is 1. The number of amidine groups is 1. The van der Waals surface area contributed by atoms with Crippen LogP contribution in [0.5, 0.6) is 5.88 Å². The molecule has 2 aliphatic heterocycles. The Labute approximate surface area is 205 Å². The number of imidazole rings is 1. The van der Waals surface area contributed by atoms with Gasteiger partial charge in [0.15, 0.2) is 0 Å². The average Bonchev–Trinajstić information content (AvgIpc) is 3.37. The van der Waals surface area contributed by atoms with Gasteiger partial charge in [-0.15, -0.1) is 0 Å². The summed E-state index contributed by atoms with van der Waals surface area (Å²) in [6.07, 6.45) is 10.5. The molecule has 0 aliphatic carbocycles. The first-order chi connectivity index (χ1) is 17.2. The van der Waals surface area contributed by atoms with Crippen LogP contribution in [0.1, 0.15) is 49.5 Å². The highest BCUT2D eigenvalue weighted by molar-refractivity contribution is 5.94. The van der Waals surface area contributed by atoms with Crippen molar-refractivity contribution in [2.24, 2.45) is 0 Å². The average molecular weight is 475 g/mol. The number of pyridine rings is 1. The number of nitrogens with zero attached hydrogens (tertiary/aromatic N) is 3. The van der Waals surface area contributed by atoms with Crippen LogP contribution in [-0.2, 0) is 0 Å². The van der Waals surface area contributed by atoms with E-state index < -0.39 is 0 Å². The highest BCUT2D eigenvalue weighted by Crippen LogP contribution is 2.31. The Morgan fingerprint density at radius 1 is 1.11 bits per heavy atom. The molecule has 1 atom stereocenters. The second-order valence-corrected chi connectivity index (χ2v) is 9.09. The number of halogens is 1. The number of aromatic nitrogens is 3. The van der Waals surface area contributed by atoms with Crippen molar-refractivity contribution in [2.45, 2.75) is 44.2 Å². The van der Waals surface area contributed by atoms with Crippen LogP contribution in [0.25, 0.3) is 17.5 Å². The molecule has 0 amide bonds. The smallest absolute Gasteiger partial charge is 0.214 e. The standard InChI is InChI=1S/C27H31FN6O/c28-20-6-3-5-19(17-20)24-8-1-2-16-34(24)25(29)10-11-26-31-18-23(32-26)22-7-4-9-27(33-22)35-21-12-14-30-15-13-21/h3-7,9-11,17-18,21,24,29-30H,1-2,8,12-16H2,(H,31,32). The number of ether oxygens (including phenoxy) is 1. The van der Waals surface area contributed by atoms with E-state index in [0.29, 0.717) is 17.5 Å². The number of nitrogens with one attached hydrogen (secondary N) is 3. The molecule has 3 aromatic rings. The van der Waals surface area contributed by atoms with Crippen LogP contribution in [-0.4, -0.2) is 51.4 Å². The molecule has 5 rings (SSSR count). The molecule has 0 bridgehead atoms. The molecule has 0 radical (unpaired) electrons. The van der Waals surface area contributed by atoms with Gasteiger partial charge in [0.05, 0.1) is 23.6 Å². The van der Waals surface area contributed by atoms with Crippen LogP contribution < -0.4 is 10.1 Å². The fraction of sp³-hybridized carbons (Fsp3) is 0.370. The van der Waals surface area contributed by atoms with Gasteiger partial charge in [-0.25, -0.2) is 14.4 Å². The molecule has 0 saturated carbocycles. The number of aromatic amines is 1. The van der Waals surface area contributed by atoms with Gasteiger partial charge in [0.1, 0.15) is 23.6 Å². The number of hydrogen-bond acceptors (Lipinski definition) is 5. The number of benzene rings is 1. The maximum absolute atomic E-state index is 13.8. The van der Waals surface area contributed by atoms with E-state index in [1.165, 1.54) is 6.07 Å².